The van der Waals surface area contributed by atoms with E-state index in [9.17, 15) is 0 Å². The van der Waals surface area contributed by atoms with Gasteiger partial charge >= 0.3 is 0 Å². The summed E-state index contributed by atoms with van der Waals surface area (Å²) in [5.41, 5.74) is 9.97. The van der Waals surface area contributed by atoms with Gasteiger partial charge in [-0.05, 0) is 43.0 Å². The van der Waals surface area contributed by atoms with E-state index >= 15 is 0 Å². The molecule has 0 saturated carbocycles. The van der Waals surface area contributed by atoms with Gasteiger partial charge in [0.15, 0.2) is 0 Å². The Labute approximate surface area is 114 Å². The molecule has 0 saturated heterocycles. The maximum atomic E-state index is 6.19. The molecule has 2 aromatic rings. The third-order valence-electron chi connectivity index (χ3n) is 2.97. The normalized spacial score (nSPS) is 12.4. The zero-order valence-electron chi connectivity index (χ0n) is 10.6. The van der Waals surface area contributed by atoms with Crippen molar-refractivity contribution in [3.05, 3.63) is 70.2 Å². The van der Waals surface area contributed by atoms with E-state index < -0.39 is 0 Å². The topological polar surface area (TPSA) is 26.0 Å². The smallest absolute Gasteiger partial charge is 0.0408 e. The molecule has 0 aliphatic carbocycles. The standard InChI is InChI=1S/C16H18ClN/c1-12-4-2-5-13(8-12)10-16(18)11-14-6-3-7-15(17)9-14/h2-9,16H,10-11,18H2,1H3. The van der Waals surface area contributed by atoms with Crippen LogP contribution in [0.3, 0.4) is 0 Å². The van der Waals surface area contributed by atoms with E-state index in [4.69, 9.17) is 17.3 Å². The highest BCUT2D eigenvalue weighted by Gasteiger charge is 2.06. The predicted octanol–water partition coefficient (Wildman–Crippen LogP) is 3.76. The van der Waals surface area contributed by atoms with Crippen LogP contribution in [0.25, 0.3) is 0 Å². The molecule has 0 heterocycles. The summed E-state index contributed by atoms with van der Waals surface area (Å²) in [4.78, 5) is 0. The number of aryl methyl sites for hydroxylation is 1. The van der Waals surface area contributed by atoms with E-state index in [0.29, 0.717) is 0 Å². The largest absolute Gasteiger partial charge is 0.327 e. The Morgan fingerprint density at radius 2 is 1.61 bits per heavy atom. The van der Waals surface area contributed by atoms with Crippen LogP contribution in [0.5, 0.6) is 0 Å². The second-order valence-corrected chi connectivity index (χ2v) is 5.22. The maximum Gasteiger partial charge on any atom is 0.0408 e. The molecule has 1 nitrogen and oxygen atoms in total. The fraction of sp³-hybridized carbons (Fsp3) is 0.250. The number of hydrogen-bond donors (Lipinski definition) is 1. The Bertz CT molecular complexity index is 475. The zero-order valence-corrected chi connectivity index (χ0v) is 11.3. The van der Waals surface area contributed by atoms with Gasteiger partial charge in [-0.1, -0.05) is 53.6 Å². The Balaban J connectivity index is 1.98. The third kappa shape index (κ3) is 3.86. The van der Waals surface area contributed by atoms with Crippen LogP contribution >= 0.6 is 11.6 Å². The molecular weight excluding hydrogens is 242 g/mol. The quantitative estimate of drug-likeness (QED) is 0.889. The van der Waals surface area contributed by atoms with Crippen molar-refractivity contribution >= 4 is 11.6 Å². The summed E-state index contributed by atoms with van der Waals surface area (Å²) in [5, 5.41) is 0.773. The van der Waals surface area contributed by atoms with Crippen LogP contribution in [-0.2, 0) is 12.8 Å². The van der Waals surface area contributed by atoms with Gasteiger partial charge in [-0.25, -0.2) is 0 Å². The summed E-state index contributed by atoms with van der Waals surface area (Å²) in [6, 6.07) is 16.5. The lowest BCUT2D eigenvalue weighted by molar-refractivity contribution is 0.664. The van der Waals surface area contributed by atoms with Gasteiger partial charge in [-0.15, -0.1) is 0 Å². The Morgan fingerprint density at radius 1 is 1.00 bits per heavy atom. The van der Waals surface area contributed by atoms with Crippen molar-refractivity contribution in [3.63, 3.8) is 0 Å². The van der Waals surface area contributed by atoms with Gasteiger partial charge in [0.2, 0.25) is 0 Å². The van der Waals surface area contributed by atoms with Gasteiger partial charge in [0.1, 0.15) is 0 Å². The molecule has 2 aromatic carbocycles. The lowest BCUT2D eigenvalue weighted by Gasteiger charge is -2.12. The molecule has 1 atom stereocenters. The molecule has 2 heteroatoms. The van der Waals surface area contributed by atoms with Gasteiger partial charge in [0.05, 0.1) is 0 Å². The molecule has 0 radical (unpaired) electrons. The summed E-state index contributed by atoms with van der Waals surface area (Å²) in [5.74, 6) is 0. The number of rotatable bonds is 4. The van der Waals surface area contributed by atoms with E-state index in [-0.39, 0.29) is 6.04 Å². The monoisotopic (exact) mass is 259 g/mol. The van der Waals surface area contributed by atoms with E-state index in [1.54, 1.807) is 0 Å². The lowest BCUT2D eigenvalue weighted by atomic mass is 9.99. The molecule has 18 heavy (non-hydrogen) atoms. The molecule has 0 amide bonds. The minimum Gasteiger partial charge on any atom is -0.327 e. The summed E-state index contributed by atoms with van der Waals surface area (Å²) in [6.45, 7) is 2.10. The zero-order chi connectivity index (χ0) is 13.0. The fourth-order valence-electron chi connectivity index (χ4n) is 2.18. The second-order valence-electron chi connectivity index (χ2n) is 4.79. The van der Waals surface area contributed by atoms with Crippen molar-refractivity contribution in [1.29, 1.82) is 0 Å². The predicted molar refractivity (Wildman–Crippen MR) is 78.0 cm³/mol. The molecule has 0 aliphatic heterocycles. The number of halogens is 1. The third-order valence-corrected chi connectivity index (χ3v) is 3.20. The van der Waals surface area contributed by atoms with E-state index in [1.807, 2.05) is 18.2 Å². The van der Waals surface area contributed by atoms with Crippen molar-refractivity contribution < 1.29 is 0 Å². The van der Waals surface area contributed by atoms with Gasteiger partial charge < -0.3 is 5.73 Å². The summed E-state index contributed by atoms with van der Waals surface area (Å²) >= 11 is 5.97. The van der Waals surface area contributed by atoms with Crippen LogP contribution in [0.1, 0.15) is 16.7 Å². The Kier molecular flexibility index (Phi) is 4.40. The van der Waals surface area contributed by atoms with Crippen LogP contribution in [0, 0.1) is 6.92 Å². The van der Waals surface area contributed by atoms with Gasteiger partial charge in [0, 0.05) is 11.1 Å². The van der Waals surface area contributed by atoms with E-state index in [0.717, 1.165) is 17.9 Å². The molecule has 2 rings (SSSR count). The molecular formula is C16H18ClN. The highest BCUT2D eigenvalue weighted by molar-refractivity contribution is 6.30. The van der Waals surface area contributed by atoms with Crippen LogP contribution in [0.4, 0.5) is 0 Å². The number of nitrogens with two attached hydrogens (primary N) is 1. The van der Waals surface area contributed by atoms with Gasteiger partial charge in [-0.2, -0.15) is 0 Å². The highest BCUT2D eigenvalue weighted by Crippen LogP contribution is 2.14. The Hall–Kier alpha value is -1.31. The van der Waals surface area contributed by atoms with Crippen molar-refractivity contribution in [2.75, 3.05) is 0 Å². The highest BCUT2D eigenvalue weighted by atomic mass is 35.5. The average molecular weight is 260 g/mol. The van der Waals surface area contributed by atoms with Crippen molar-refractivity contribution in [1.82, 2.24) is 0 Å². The van der Waals surface area contributed by atoms with Crippen molar-refractivity contribution in [2.24, 2.45) is 5.73 Å². The molecule has 0 spiro atoms. The molecule has 0 aromatic heterocycles. The first-order chi connectivity index (χ1) is 8.63. The second kappa shape index (κ2) is 6.03. The van der Waals surface area contributed by atoms with Crippen molar-refractivity contribution in [2.45, 2.75) is 25.8 Å². The first kappa shape index (κ1) is 13.1. The van der Waals surface area contributed by atoms with E-state index in [2.05, 4.69) is 37.3 Å². The molecule has 0 bridgehead atoms. The van der Waals surface area contributed by atoms with Crippen LogP contribution < -0.4 is 5.73 Å². The SMILES string of the molecule is Cc1cccc(CC(N)Cc2cccc(Cl)c2)c1. The minimum atomic E-state index is 0.130. The average Bonchev–Trinajstić information content (AvgIpc) is 2.28. The Morgan fingerprint density at radius 3 is 2.22 bits per heavy atom. The van der Waals surface area contributed by atoms with Crippen LogP contribution in [0.15, 0.2) is 48.5 Å². The molecule has 0 fully saturated rings. The van der Waals surface area contributed by atoms with Crippen molar-refractivity contribution in [3.8, 4) is 0 Å². The van der Waals surface area contributed by atoms with Crippen LogP contribution in [0.2, 0.25) is 5.02 Å². The molecule has 2 N–H and O–H groups in total. The molecule has 1 unspecified atom stereocenters. The van der Waals surface area contributed by atoms with Gasteiger partial charge in [0.25, 0.3) is 0 Å². The minimum absolute atomic E-state index is 0.130. The first-order valence-electron chi connectivity index (χ1n) is 6.19. The first-order valence-corrected chi connectivity index (χ1v) is 6.57. The molecule has 0 aliphatic rings. The van der Waals surface area contributed by atoms with Crippen LogP contribution in [-0.4, -0.2) is 6.04 Å². The number of benzene rings is 2. The number of hydrogen-bond acceptors (Lipinski definition) is 1. The summed E-state index contributed by atoms with van der Waals surface area (Å²) in [6.07, 6.45) is 1.75. The fourth-order valence-corrected chi connectivity index (χ4v) is 2.39. The van der Waals surface area contributed by atoms with Gasteiger partial charge in [-0.3, -0.25) is 0 Å². The van der Waals surface area contributed by atoms with E-state index in [1.165, 1.54) is 16.7 Å². The summed E-state index contributed by atoms with van der Waals surface area (Å²) < 4.78 is 0. The summed E-state index contributed by atoms with van der Waals surface area (Å²) in [7, 11) is 0. The lowest BCUT2D eigenvalue weighted by Crippen LogP contribution is -2.25. The maximum absolute atomic E-state index is 6.19. The molecule has 94 valence electrons.